The van der Waals surface area contributed by atoms with E-state index >= 15 is 0 Å². The van der Waals surface area contributed by atoms with Crippen molar-refractivity contribution in [1.29, 1.82) is 0 Å². The van der Waals surface area contributed by atoms with E-state index in [4.69, 9.17) is 5.11 Å². The van der Waals surface area contributed by atoms with E-state index < -0.39 is 0 Å². The summed E-state index contributed by atoms with van der Waals surface area (Å²) in [5.41, 5.74) is 3.20. The summed E-state index contributed by atoms with van der Waals surface area (Å²) in [6.07, 6.45) is 2.52. The molecule has 1 heterocycles. The second kappa shape index (κ2) is 4.28. The Morgan fingerprint density at radius 3 is 2.60 bits per heavy atom. The second-order valence-corrected chi connectivity index (χ2v) is 3.56. The van der Waals surface area contributed by atoms with Gasteiger partial charge in [-0.15, -0.1) is 0 Å². The minimum Gasteiger partial charge on any atom is -0.396 e. The fourth-order valence-electron chi connectivity index (χ4n) is 1.45. The first-order chi connectivity index (χ1) is 7.29. The highest BCUT2D eigenvalue weighted by Crippen LogP contribution is 2.09. The van der Waals surface area contributed by atoms with Crippen LogP contribution in [0.1, 0.15) is 11.3 Å². The monoisotopic (exact) mass is 202 g/mol. The second-order valence-electron chi connectivity index (χ2n) is 3.56. The normalized spacial score (nSPS) is 10.5. The predicted molar refractivity (Wildman–Crippen MR) is 59.1 cm³/mol. The lowest BCUT2D eigenvalue weighted by molar-refractivity contribution is 0.298. The fraction of sp³-hybridized carbons (Fsp3) is 0.250. The molecule has 0 aliphatic rings. The zero-order valence-electron chi connectivity index (χ0n) is 8.72. The molecule has 2 rings (SSSR count). The zero-order valence-corrected chi connectivity index (χ0v) is 8.72. The van der Waals surface area contributed by atoms with Crippen molar-refractivity contribution >= 4 is 0 Å². The summed E-state index contributed by atoms with van der Waals surface area (Å²) in [4.78, 5) is 0. The van der Waals surface area contributed by atoms with E-state index in [-0.39, 0.29) is 6.61 Å². The van der Waals surface area contributed by atoms with Gasteiger partial charge in [-0.25, -0.2) is 4.68 Å². The average Bonchev–Trinajstić information content (AvgIpc) is 2.68. The average molecular weight is 202 g/mol. The molecule has 0 amide bonds. The third-order valence-electron chi connectivity index (χ3n) is 2.31. The van der Waals surface area contributed by atoms with Gasteiger partial charge in [0.05, 0.1) is 11.4 Å². The number of nitrogens with zero attached hydrogens (tertiary/aromatic N) is 2. The predicted octanol–water partition coefficient (Wildman–Crippen LogP) is 1.72. The number of aliphatic hydroxyl groups is 1. The van der Waals surface area contributed by atoms with Crippen molar-refractivity contribution in [2.75, 3.05) is 6.61 Å². The minimum atomic E-state index is 0.144. The number of rotatable bonds is 3. The van der Waals surface area contributed by atoms with Gasteiger partial charge in [0.1, 0.15) is 0 Å². The van der Waals surface area contributed by atoms with E-state index in [1.54, 1.807) is 0 Å². The maximum atomic E-state index is 8.79. The molecule has 15 heavy (non-hydrogen) atoms. The molecule has 0 atom stereocenters. The SMILES string of the molecule is Cc1ccc(-n2ccc(CCO)n2)cc1. The third-order valence-corrected chi connectivity index (χ3v) is 2.31. The van der Waals surface area contributed by atoms with Crippen molar-refractivity contribution in [1.82, 2.24) is 9.78 Å². The Morgan fingerprint density at radius 1 is 1.20 bits per heavy atom. The molecule has 0 saturated heterocycles. The molecule has 0 saturated carbocycles. The largest absolute Gasteiger partial charge is 0.396 e. The Balaban J connectivity index is 2.25. The summed E-state index contributed by atoms with van der Waals surface area (Å²) >= 11 is 0. The molecule has 0 fully saturated rings. The van der Waals surface area contributed by atoms with Crippen molar-refractivity contribution in [2.45, 2.75) is 13.3 Å². The number of aryl methyl sites for hydroxylation is 1. The van der Waals surface area contributed by atoms with Gasteiger partial charge in [0.25, 0.3) is 0 Å². The zero-order chi connectivity index (χ0) is 10.7. The fourth-order valence-corrected chi connectivity index (χ4v) is 1.45. The van der Waals surface area contributed by atoms with Gasteiger partial charge in [0.15, 0.2) is 0 Å². The van der Waals surface area contributed by atoms with Gasteiger partial charge in [-0.05, 0) is 25.1 Å². The van der Waals surface area contributed by atoms with Crippen LogP contribution in [0.25, 0.3) is 5.69 Å². The number of aliphatic hydroxyl groups excluding tert-OH is 1. The number of benzene rings is 1. The molecular formula is C12H14N2O. The van der Waals surface area contributed by atoms with Crippen LogP contribution in [-0.4, -0.2) is 21.5 Å². The standard InChI is InChI=1S/C12H14N2O/c1-10-2-4-12(5-3-10)14-8-6-11(13-14)7-9-15/h2-6,8,15H,7,9H2,1H3. The quantitative estimate of drug-likeness (QED) is 0.822. The lowest BCUT2D eigenvalue weighted by Gasteiger charge is -2.01. The first kappa shape index (κ1) is 9.93. The Kier molecular flexibility index (Phi) is 2.83. The highest BCUT2D eigenvalue weighted by atomic mass is 16.3. The molecule has 0 bridgehead atoms. The maximum absolute atomic E-state index is 8.79. The molecule has 0 aliphatic heterocycles. The topological polar surface area (TPSA) is 38.0 Å². The molecule has 3 heteroatoms. The molecule has 0 spiro atoms. The Bertz CT molecular complexity index is 431. The van der Waals surface area contributed by atoms with Gasteiger partial charge in [-0.2, -0.15) is 5.10 Å². The van der Waals surface area contributed by atoms with Crippen LogP contribution in [-0.2, 0) is 6.42 Å². The lowest BCUT2D eigenvalue weighted by atomic mass is 10.2. The number of hydrogen-bond acceptors (Lipinski definition) is 2. The van der Waals surface area contributed by atoms with E-state index in [1.807, 2.05) is 29.1 Å². The van der Waals surface area contributed by atoms with Gasteiger partial charge in [-0.1, -0.05) is 17.7 Å². The number of hydrogen-bond donors (Lipinski definition) is 1. The highest BCUT2D eigenvalue weighted by molar-refractivity contribution is 5.33. The van der Waals surface area contributed by atoms with Crippen molar-refractivity contribution in [3.63, 3.8) is 0 Å². The van der Waals surface area contributed by atoms with E-state index in [1.165, 1.54) is 5.56 Å². The van der Waals surface area contributed by atoms with Crippen molar-refractivity contribution < 1.29 is 5.11 Å². The van der Waals surface area contributed by atoms with Gasteiger partial charge < -0.3 is 5.11 Å². The van der Waals surface area contributed by atoms with Gasteiger partial charge in [0, 0.05) is 19.2 Å². The van der Waals surface area contributed by atoms with Gasteiger partial charge >= 0.3 is 0 Å². The first-order valence-corrected chi connectivity index (χ1v) is 5.02. The third kappa shape index (κ3) is 2.25. The maximum Gasteiger partial charge on any atom is 0.0651 e. The van der Waals surface area contributed by atoms with Gasteiger partial charge in [0.2, 0.25) is 0 Å². The molecule has 0 radical (unpaired) electrons. The van der Waals surface area contributed by atoms with Gasteiger partial charge in [-0.3, -0.25) is 0 Å². The molecular weight excluding hydrogens is 188 g/mol. The van der Waals surface area contributed by atoms with Crippen LogP contribution in [0.5, 0.6) is 0 Å². The van der Waals surface area contributed by atoms with Crippen LogP contribution in [0.3, 0.4) is 0 Å². The summed E-state index contributed by atoms with van der Waals surface area (Å²) in [5.74, 6) is 0. The summed E-state index contributed by atoms with van der Waals surface area (Å²) in [5, 5.41) is 13.1. The molecule has 1 N–H and O–H groups in total. The Labute approximate surface area is 89.0 Å². The van der Waals surface area contributed by atoms with Crippen LogP contribution in [0.15, 0.2) is 36.5 Å². The first-order valence-electron chi connectivity index (χ1n) is 5.02. The molecule has 78 valence electrons. The van der Waals surface area contributed by atoms with Crippen LogP contribution >= 0.6 is 0 Å². The smallest absolute Gasteiger partial charge is 0.0651 e. The highest BCUT2D eigenvalue weighted by Gasteiger charge is 1.99. The molecule has 0 aliphatic carbocycles. The van der Waals surface area contributed by atoms with Crippen molar-refractivity contribution in [3.8, 4) is 5.69 Å². The van der Waals surface area contributed by atoms with E-state index in [0.717, 1.165) is 11.4 Å². The summed E-state index contributed by atoms with van der Waals surface area (Å²) in [7, 11) is 0. The van der Waals surface area contributed by atoms with E-state index in [9.17, 15) is 0 Å². The van der Waals surface area contributed by atoms with Crippen molar-refractivity contribution in [2.24, 2.45) is 0 Å². The minimum absolute atomic E-state index is 0.144. The van der Waals surface area contributed by atoms with Crippen molar-refractivity contribution in [3.05, 3.63) is 47.8 Å². The summed E-state index contributed by atoms with van der Waals surface area (Å²) in [6.45, 7) is 2.20. The van der Waals surface area contributed by atoms with Crippen LogP contribution in [0, 0.1) is 6.92 Å². The van der Waals surface area contributed by atoms with Crippen LogP contribution < -0.4 is 0 Å². The summed E-state index contributed by atoms with van der Waals surface area (Å²) < 4.78 is 1.82. The molecule has 1 aromatic heterocycles. The molecule has 0 unspecified atom stereocenters. The van der Waals surface area contributed by atoms with E-state index in [0.29, 0.717) is 6.42 Å². The lowest BCUT2D eigenvalue weighted by Crippen LogP contribution is -1.97. The Hall–Kier alpha value is -1.61. The van der Waals surface area contributed by atoms with E-state index in [2.05, 4.69) is 24.2 Å². The number of aromatic nitrogens is 2. The molecule has 1 aromatic carbocycles. The molecule has 2 aromatic rings. The van der Waals surface area contributed by atoms with Crippen LogP contribution in [0.2, 0.25) is 0 Å². The van der Waals surface area contributed by atoms with Crippen LogP contribution in [0.4, 0.5) is 0 Å². The summed E-state index contributed by atoms with van der Waals surface area (Å²) in [6, 6.07) is 10.1. The molecule has 3 nitrogen and oxygen atoms in total. The Morgan fingerprint density at radius 2 is 1.93 bits per heavy atom.